The van der Waals surface area contributed by atoms with E-state index in [4.69, 9.17) is 9.26 Å². The number of hydrogen-bond acceptors (Lipinski definition) is 5. The number of morpholine rings is 1. The molecule has 0 bridgehead atoms. The number of benzene rings is 2. The van der Waals surface area contributed by atoms with Crippen molar-refractivity contribution in [2.45, 2.75) is 19.1 Å². The minimum atomic E-state index is -0.0522. The average molecular weight is 321 g/mol. The van der Waals surface area contributed by atoms with Crippen LogP contribution in [0.5, 0.6) is 0 Å². The van der Waals surface area contributed by atoms with Gasteiger partial charge in [0.15, 0.2) is 0 Å². The Morgan fingerprint density at radius 3 is 2.42 bits per heavy atom. The van der Waals surface area contributed by atoms with Gasteiger partial charge in [-0.3, -0.25) is 0 Å². The van der Waals surface area contributed by atoms with Gasteiger partial charge < -0.3 is 14.6 Å². The highest BCUT2D eigenvalue weighted by molar-refractivity contribution is 5.67. The fourth-order valence-corrected chi connectivity index (χ4v) is 2.93. The zero-order valence-corrected chi connectivity index (χ0v) is 13.5. The molecule has 1 saturated heterocycles. The molecular formula is C19H19N3O2. The van der Waals surface area contributed by atoms with E-state index in [2.05, 4.69) is 39.7 Å². The smallest absolute Gasteiger partial charge is 0.246 e. The summed E-state index contributed by atoms with van der Waals surface area (Å²) in [4.78, 5) is 4.54. The van der Waals surface area contributed by atoms with Crippen molar-refractivity contribution in [1.82, 2.24) is 15.5 Å². The first kappa shape index (κ1) is 15.1. The van der Waals surface area contributed by atoms with Crippen LogP contribution >= 0.6 is 0 Å². The Bertz CT molecular complexity index is 799. The van der Waals surface area contributed by atoms with E-state index in [1.54, 1.807) is 0 Å². The van der Waals surface area contributed by atoms with E-state index in [-0.39, 0.29) is 12.1 Å². The molecule has 0 saturated carbocycles. The van der Waals surface area contributed by atoms with Crippen molar-refractivity contribution in [2.24, 2.45) is 0 Å². The number of nitrogens with zero attached hydrogens (tertiary/aromatic N) is 2. The maximum atomic E-state index is 5.63. The van der Waals surface area contributed by atoms with E-state index >= 15 is 0 Å². The van der Waals surface area contributed by atoms with Crippen LogP contribution < -0.4 is 5.32 Å². The monoisotopic (exact) mass is 321 g/mol. The quantitative estimate of drug-likeness (QED) is 0.800. The predicted molar refractivity (Wildman–Crippen MR) is 91.3 cm³/mol. The molecular weight excluding hydrogens is 302 g/mol. The Morgan fingerprint density at radius 2 is 1.67 bits per heavy atom. The van der Waals surface area contributed by atoms with Crippen molar-refractivity contribution >= 4 is 0 Å². The normalized spacial score (nSPS) is 20.9. The molecule has 1 aliphatic heterocycles. The van der Waals surface area contributed by atoms with Crippen LogP contribution in [-0.2, 0) is 4.74 Å². The molecule has 0 amide bonds. The fraction of sp³-hybridized carbons (Fsp3) is 0.263. The lowest BCUT2D eigenvalue weighted by atomic mass is 10.0. The zero-order chi connectivity index (χ0) is 16.4. The summed E-state index contributed by atoms with van der Waals surface area (Å²) in [6, 6.07) is 18.4. The van der Waals surface area contributed by atoms with Crippen molar-refractivity contribution in [3.05, 3.63) is 60.5 Å². The maximum Gasteiger partial charge on any atom is 0.246 e. The van der Waals surface area contributed by atoms with Gasteiger partial charge in [-0.1, -0.05) is 59.8 Å². The summed E-state index contributed by atoms with van der Waals surface area (Å²) in [7, 11) is 0. The standard InChI is InChI=1S/C19H19N3O2/c1-13-17(20-11-12-23-13)19-21-18(22-24-19)16-9-7-15(8-10-16)14-5-3-2-4-6-14/h2-10,13,17,20H,11-12H2,1H3/t13-,17+/m1/s1. The molecule has 0 unspecified atom stereocenters. The van der Waals surface area contributed by atoms with E-state index in [1.165, 1.54) is 11.1 Å². The predicted octanol–water partition coefficient (Wildman–Crippen LogP) is 3.45. The van der Waals surface area contributed by atoms with Gasteiger partial charge in [0.25, 0.3) is 0 Å². The van der Waals surface area contributed by atoms with Gasteiger partial charge in [-0.05, 0) is 18.1 Å². The Morgan fingerprint density at radius 1 is 0.958 bits per heavy atom. The number of nitrogens with one attached hydrogen (secondary N) is 1. The number of aromatic nitrogens is 2. The van der Waals surface area contributed by atoms with E-state index in [0.717, 1.165) is 12.1 Å². The van der Waals surface area contributed by atoms with Gasteiger partial charge in [0.1, 0.15) is 6.04 Å². The summed E-state index contributed by atoms with van der Waals surface area (Å²) in [6.45, 7) is 3.51. The number of ether oxygens (including phenoxy) is 1. The van der Waals surface area contributed by atoms with Crippen LogP contribution in [0.3, 0.4) is 0 Å². The van der Waals surface area contributed by atoms with Crippen LogP contribution in [0.15, 0.2) is 59.1 Å². The van der Waals surface area contributed by atoms with E-state index in [1.807, 2.05) is 37.3 Å². The van der Waals surface area contributed by atoms with Gasteiger partial charge in [-0.25, -0.2) is 0 Å². The Kier molecular flexibility index (Phi) is 4.11. The zero-order valence-electron chi connectivity index (χ0n) is 13.5. The molecule has 0 spiro atoms. The lowest BCUT2D eigenvalue weighted by Gasteiger charge is -2.27. The highest BCUT2D eigenvalue weighted by Crippen LogP contribution is 2.26. The van der Waals surface area contributed by atoms with Gasteiger partial charge in [-0.2, -0.15) is 4.98 Å². The first-order valence-corrected chi connectivity index (χ1v) is 8.16. The summed E-state index contributed by atoms with van der Waals surface area (Å²) >= 11 is 0. The second kappa shape index (κ2) is 6.55. The second-order valence-electron chi connectivity index (χ2n) is 5.91. The Balaban J connectivity index is 1.56. The van der Waals surface area contributed by atoms with Gasteiger partial charge in [0.2, 0.25) is 11.7 Å². The molecule has 4 rings (SSSR count). The van der Waals surface area contributed by atoms with E-state index in [9.17, 15) is 0 Å². The molecule has 5 nitrogen and oxygen atoms in total. The third kappa shape index (κ3) is 2.96. The van der Waals surface area contributed by atoms with Gasteiger partial charge >= 0.3 is 0 Å². The third-order valence-electron chi connectivity index (χ3n) is 4.27. The molecule has 0 aliphatic carbocycles. The molecule has 2 atom stereocenters. The Labute approximate surface area is 140 Å². The van der Waals surface area contributed by atoms with Crippen LogP contribution in [-0.4, -0.2) is 29.4 Å². The molecule has 1 fully saturated rings. The minimum absolute atomic E-state index is 0.0208. The number of hydrogen-bond donors (Lipinski definition) is 1. The highest BCUT2D eigenvalue weighted by Gasteiger charge is 2.28. The first-order chi connectivity index (χ1) is 11.8. The van der Waals surface area contributed by atoms with Crippen LogP contribution in [0, 0.1) is 0 Å². The number of rotatable bonds is 3. The lowest BCUT2D eigenvalue weighted by Crippen LogP contribution is -2.40. The topological polar surface area (TPSA) is 60.2 Å². The van der Waals surface area contributed by atoms with Crippen molar-refractivity contribution in [3.8, 4) is 22.5 Å². The largest absolute Gasteiger partial charge is 0.375 e. The molecule has 1 N–H and O–H groups in total. The summed E-state index contributed by atoms with van der Waals surface area (Å²) < 4.78 is 11.1. The van der Waals surface area contributed by atoms with Crippen molar-refractivity contribution in [2.75, 3.05) is 13.2 Å². The lowest BCUT2D eigenvalue weighted by molar-refractivity contribution is -0.00136. The maximum absolute atomic E-state index is 5.63. The van der Waals surface area contributed by atoms with Crippen molar-refractivity contribution in [1.29, 1.82) is 0 Å². The molecule has 5 heteroatoms. The third-order valence-corrected chi connectivity index (χ3v) is 4.27. The van der Waals surface area contributed by atoms with E-state index < -0.39 is 0 Å². The second-order valence-corrected chi connectivity index (χ2v) is 5.91. The first-order valence-electron chi connectivity index (χ1n) is 8.16. The highest BCUT2D eigenvalue weighted by atomic mass is 16.5. The molecule has 3 aromatic rings. The van der Waals surface area contributed by atoms with Crippen LogP contribution in [0.25, 0.3) is 22.5 Å². The van der Waals surface area contributed by atoms with Crippen LogP contribution in [0.4, 0.5) is 0 Å². The van der Waals surface area contributed by atoms with E-state index in [0.29, 0.717) is 18.3 Å². The van der Waals surface area contributed by atoms with Crippen molar-refractivity contribution < 1.29 is 9.26 Å². The van der Waals surface area contributed by atoms with Gasteiger partial charge in [0.05, 0.1) is 12.7 Å². The summed E-state index contributed by atoms with van der Waals surface area (Å²) in [5.41, 5.74) is 3.29. The molecule has 24 heavy (non-hydrogen) atoms. The van der Waals surface area contributed by atoms with Gasteiger partial charge in [-0.15, -0.1) is 0 Å². The molecule has 122 valence electrons. The summed E-state index contributed by atoms with van der Waals surface area (Å²) in [5.74, 6) is 1.17. The van der Waals surface area contributed by atoms with Crippen LogP contribution in [0.1, 0.15) is 18.9 Å². The molecule has 0 radical (unpaired) electrons. The fourth-order valence-electron chi connectivity index (χ4n) is 2.93. The summed E-state index contributed by atoms with van der Waals surface area (Å²) in [6.07, 6.45) is 0.0208. The summed E-state index contributed by atoms with van der Waals surface area (Å²) in [5, 5.41) is 7.48. The SMILES string of the molecule is C[C@H]1OCCN[C@@H]1c1nc(-c2ccc(-c3ccccc3)cc2)no1. The van der Waals surface area contributed by atoms with Crippen molar-refractivity contribution in [3.63, 3.8) is 0 Å². The molecule has 1 aliphatic rings. The molecule has 1 aromatic heterocycles. The van der Waals surface area contributed by atoms with Gasteiger partial charge in [0, 0.05) is 12.1 Å². The molecule has 2 heterocycles. The average Bonchev–Trinajstić information content (AvgIpc) is 3.13. The van der Waals surface area contributed by atoms with Crippen LogP contribution in [0.2, 0.25) is 0 Å². The Hall–Kier alpha value is -2.50. The molecule has 2 aromatic carbocycles. The minimum Gasteiger partial charge on any atom is -0.375 e.